The van der Waals surface area contributed by atoms with Crippen LogP contribution in [0.1, 0.15) is 19.4 Å². The van der Waals surface area contributed by atoms with Crippen LogP contribution in [0.15, 0.2) is 39.0 Å². The summed E-state index contributed by atoms with van der Waals surface area (Å²) in [5, 5.41) is 4.75. The second kappa shape index (κ2) is 7.17. The SMILES string of the molecule is CC(C)Cn1c(NN=Cc2ccccc2Cl)nc2c1c(=O)[nH]c(=O)n2C. The average molecular weight is 375 g/mol. The van der Waals surface area contributed by atoms with E-state index in [4.69, 9.17) is 11.6 Å². The van der Waals surface area contributed by atoms with E-state index in [1.54, 1.807) is 23.9 Å². The monoisotopic (exact) mass is 374 g/mol. The Labute approximate surface area is 154 Å². The molecule has 0 bridgehead atoms. The normalized spacial score (nSPS) is 11.7. The lowest BCUT2D eigenvalue weighted by Crippen LogP contribution is -2.29. The van der Waals surface area contributed by atoms with E-state index in [0.717, 1.165) is 5.56 Å². The highest BCUT2D eigenvalue weighted by molar-refractivity contribution is 6.33. The quantitative estimate of drug-likeness (QED) is 0.528. The lowest BCUT2D eigenvalue weighted by atomic mass is 10.2. The fourth-order valence-electron chi connectivity index (χ4n) is 2.60. The van der Waals surface area contributed by atoms with E-state index in [2.05, 4.69) is 20.5 Å². The number of hydrogen-bond acceptors (Lipinski definition) is 5. The largest absolute Gasteiger partial charge is 0.329 e. The number of nitrogens with one attached hydrogen (secondary N) is 2. The number of halogens is 1. The number of benzene rings is 1. The Morgan fingerprint density at radius 3 is 2.77 bits per heavy atom. The number of imidazole rings is 1. The van der Waals surface area contributed by atoms with Crippen LogP contribution in [-0.2, 0) is 13.6 Å². The number of aromatic amines is 1. The number of anilines is 1. The van der Waals surface area contributed by atoms with Gasteiger partial charge in [-0.3, -0.25) is 14.3 Å². The molecule has 0 saturated carbocycles. The molecule has 136 valence electrons. The summed E-state index contributed by atoms with van der Waals surface area (Å²) in [6.45, 7) is 4.60. The Kier molecular flexibility index (Phi) is 4.94. The summed E-state index contributed by atoms with van der Waals surface area (Å²) >= 11 is 6.11. The highest BCUT2D eigenvalue weighted by Gasteiger charge is 2.17. The van der Waals surface area contributed by atoms with Crippen molar-refractivity contribution in [2.45, 2.75) is 20.4 Å². The van der Waals surface area contributed by atoms with E-state index in [0.29, 0.717) is 28.7 Å². The fourth-order valence-corrected chi connectivity index (χ4v) is 2.79. The summed E-state index contributed by atoms with van der Waals surface area (Å²) < 4.78 is 3.03. The second-order valence-corrected chi connectivity index (χ2v) is 6.73. The van der Waals surface area contributed by atoms with E-state index in [9.17, 15) is 9.59 Å². The minimum Gasteiger partial charge on any atom is -0.303 e. The first-order valence-electron chi connectivity index (χ1n) is 8.11. The summed E-state index contributed by atoms with van der Waals surface area (Å²) in [5.41, 5.74) is 3.25. The van der Waals surface area contributed by atoms with Gasteiger partial charge in [0.15, 0.2) is 11.2 Å². The van der Waals surface area contributed by atoms with Crippen molar-refractivity contribution >= 4 is 34.9 Å². The molecule has 0 aliphatic heterocycles. The first-order chi connectivity index (χ1) is 12.4. The first kappa shape index (κ1) is 17.9. The van der Waals surface area contributed by atoms with E-state index >= 15 is 0 Å². The summed E-state index contributed by atoms with van der Waals surface area (Å²) in [4.78, 5) is 30.8. The number of hydrazone groups is 1. The van der Waals surface area contributed by atoms with Crippen LogP contribution in [0.3, 0.4) is 0 Å². The molecule has 0 saturated heterocycles. The molecule has 2 aromatic heterocycles. The molecule has 2 heterocycles. The van der Waals surface area contributed by atoms with E-state index in [1.807, 2.05) is 32.0 Å². The predicted octanol–water partition coefficient (Wildman–Crippen LogP) is 2.18. The molecule has 9 heteroatoms. The van der Waals surface area contributed by atoms with Crippen molar-refractivity contribution in [3.05, 3.63) is 55.7 Å². The molecule has 3 rings (SSSR count). The minimum atomic E-state index is -0.511. The van der Waals surface area contributed by atoms with Crippen LogP contribution in [-0.4, -0.2) is 25.3 Å². The summed E-state index contributed by atoms with van der Waals surface area (Å²) in [7, 11) is 1.56. The fraction of sp³-hybridized carbons (Fsp3) is 0.294. The summed E-state index contributed by atoms with van der Waals surface area (Å²) in [5.74, 6) is 0.640. The van der Waals surface area contributed by atoms with Gasteiger partial charge in [0.1, 0.15) is 0 Å². The van der Waals surface area contributed by atoms with Gasteiger partial charge in [-0.15, -0.1) is 0 Å². The number of rotatable bonds is 5. The van der Waals surface area contributed by atoms with Gasteiger partial charge >= 0.3 is 5.69 Å². The van der Waals surface area contributed by atoms with Crippen LogP contribution in [0.25, 0.3) is 11.2 Å². The molecule has 0 aliphatic carbocycles. The van der Waals surface area contributed by atoms with Crippen molar-refractivity contribution in [1.82, 2.24) is 19.1 Å². The molecule has 0 atom stereocenters. The Balaban J connectivity index is 2.06. The molecule has 26 heavy (non-hydrogen) atoms. The lowest BCUT2D eigenvalue weighted by molar-refractivity contribution is 0.535. The molecular formula is C17H19ClN6O2. The molecule has 0 aliphatic rings. The third-order valence-electron chi connectivity index (χ3n) is 3.83. The number of aromatic nitrogens is 4. The molecule has 0 radical (unpaired) electrons. The Bertz CT molecular complexity index is 1090. The van der Waals surface area contributed by atoms with Gasteiger partial charge in [-0.2, -0.15) is 10.1 Å². The zero-order chi connectivity index (χ0) is 18.8. The van der Waals surface area contributed by atoms with Crippen molar-refractivity contribution in [2.75, 3.05) is 5.43 Å². The van der Waals surface area contributed by atoms with Crippen LogP contribution in [0, 0.1) is 5.92 Å². The molecule has 2 N–H and O–H groups in total. The molecule has 1 aromatic carbocycles. The Morgan fingerprint density at radius 1 is 1.35 bits per heavy atom. The number of H-pyrrole nitrogens is 1. The van der Waals surface area contributed by atoms with Gasteiger partial charge in [-0.1, -0.05) is 43.6 Å². The first-order valence-corrected chi connectivity index (χ1v) is 8.49. The maximum absolute atomic E-state index is 12.3. The zero-order valence-electron chi connectivity index (χ0n) is 14.7. The van der Waals surface area contributed by atoms with E-state index < -0.39 is 11.2 Å². The van der Waals surface area contributed by atoms with Crippen molar-refractivity contribution in [3.63, 3.8) is 0 Å². The van der Waals surface area contributed by atoms with E-state index in [-0.39, 0.29) is 5.92 Å². The van der Waals surface area contributed by atoms with Crippen molar-refractivity contribution in [3.8, 4) is 0 Å². The van der Waals surface area contributed by atoms with Gasteiger partial charge in [-0.05, 0) is 12.0 Å². The third-order valence-corrected chi connectivity index (χ3v) is 4.17. The van der Waals surface area contributed by atoms with Crippen LogP contribution < -0.4 is 16.7 Å². The summed E-state index contributed by atoms with van der Waals surface area (Å²) in [6, 6.07) is 7.30. The standard InChI is InChI=1S/C17H19ClN6O2/c1-10(2)9-24-13-14(23(3)17(26)21-15(13)25)20-16(24)22-19-8-11-6-4-5-7-12(11)18/h4-8,10H,9H2,1-3H3,(H,20,22)(H,21,25,26). The Hall–Kier alpha value is -2.87. The van der Waals surface area contributed by atoms with Gasteiger partial charge in [0.25, 0.3) is 5.56 Å². The molecule has 0 amide bonds. The predicted molar refractivity (Wildman–Crippen MR) is 103 cm³/mol. The molecule has 8 nitrogen and oxygen atoms in total. The maximum atomic E-state index is 12.3. The zero-order valence-corrected chi connectivity index (χ0v) is 15.4. The second-order valence-electron chi connectivity index (χ2n) is 6.32. The number of aryl methyl sites for hydroxylation is 1. The van der Waals surface area contributed by atoms with Gasteiger partial charge in [0.2, 0.25) is 5.95 Å². The third kappa shape index (κ3) is 3.41. The maximum Gasteiger partial charge on any atom is 0.329 e. The molecular weight excluding hydrogens is 356 g/mol. The summed E-state index contributed by atoms with van der Waals surface area (Å²) in [6.07, 6.45) is 1.57. The van der Waals surface area contributed by atoms with Gasteiger partial charge in [-0.25, -0.2) is 10.2 Å². The van der Waals surface area contributed by atoms with Crippen LogP contribution >= 0.6 is 11.6 Å². The van der Waals surface area contributed by atoms with Crippen molar-refractivity contribution < 1.29 is 0 Å². The average Bonchev–Trinajstić information content (AvgIpc) is 2.93. The molecule has 0 fully saturated rings. The smallest absolute Gasteiger partial charge is 0.303 e. The number of nitrogens with zero attached hydrogens (tertiary/aromatic N) is 4. The van der Waals surface area contributed by atoms with Crippen LogP contribution in [0.5, 0.6) is 0 Å². The molecule has 3 aromatic rings. The highest BCUT2D eigenvalue weighted by Crippen LogP contribution is 2.18. The Morgan fingerprint density at radius 2 is 2.08 bits per heavy atom. The minimum absolute atomic E-state index is 0.261. The van der Waals surface area contributed by atoms with Crippen molar-refractivity contribution in [1.29, 1.82) is 0 Å². The van der Waals surface area contributed by atoms with Gasteiger partial charge < -0.3 is 4.57 Å². The van der Waals surface area contributed by atoms with Gasteiger partial charge in [0.05, 0.1) is 6.21 Å². The molecule has 0 unspecified atom stereocenters. The van der Waals surface area contributed by atoms with Crippen LogP contribution in [0.2, 0.25) is 5.02 Å². The van der Waals surface area contributed by atoms with E-state index in [1.165, 1.54) is 4.57 Å². The van der Waals surface area contributed by atoms with Gasteiger partial charge in [0, 0.05) is 24.2 Å². The highest BCUT2D eigenvalue weighted by atomic mass is 35.5. The topological polar surface area (TPSA) is 97.1 Å². The van der Waals surface area contributed by atoms with Crippen molar-refractivity contribution in [2.24, 2.45) is 18.1 Å². The number of hydrogen-bond donors (Lipinski definition) is 2. The lowest BCUT2D eigenvalue weighted by Gasteiger charge is -2.10. The van der Waals surface area contributed by atoms with Crippen LogP contribution in [0.4, 0.5) is 5.95 Å². The molecule has 0 spiro atoms. The number of fused-ring (bicyclic) bond motifs is 1.